The van der Waals surface area contributed by atoms with Crippen LogP contribution in [-0.2, 0) is 58.5 Å². The molecule has 0 saturated heterocycles. The summed E-state index contributed by atoms with van der Waals surface area (Å²) in [5, 5.41) is 2.91. The topological polar surface area (TPSA) is 216 Å². The van der Waals surface area contributed by atoms with Crippen LogP contribution < -0.4 is 11.1 Å². The van der Waals surface area contributed by atoms with E-state index in [4.69, 9.17) is 38.6 Å². The normalized spacial score (nSPS) is 11.0. The van der Waals surface area contributed by atoms with Gasteiger partial charge in [-0.05, 0) is 25.7 Å². The van der Waals surface area contributed by atoms with Crippen LogP contribution in [0.4, 0.5) is 0 Å². The number of phosphoric ester groups is 1. The van der Waals surface area contributed by atoms with Crippen LogP contribution in [0.1, 0.15) is 70.6 Å². The first-order valence-corrected chi connectivity index (χ1v) is 15.6. The number of primary amides is 1. The number of nitrogens with two attached hydrogens (primary N) is 1. The first-order valence-electron chi connectivity index (χ1n) is 12.9. The van der Waals surface area contributed by atoms with Crippen LogP contribution in [0.3, 0.4) is 0 Å². The van der Waals surface area contributed by atoms with Crippen molar-refractivity contribution >= 4 is 28.7 Å². The Bertz CT molecular complexity index is 577. The number of carbonyl (C=O) groups excluding carboxylic acids is 2. The van der Waals surface area contributed by atoms with Gasteiger partial charge in [-0.3, -0.25) is 14.1 Å². The molecule has 0 heterocycles. The molecule has 0 aliphatic carbocycles. The Morgan fingerprint density at radius 3 is 1.72 bits per heavy atom. The molecular weight excluding hydrogens is 730 g/mol. The molecule has 0 saturated carbocycles. The van der Waals surface area contributed by atoms with Gasteiger partial charge < -0.3 is 49.4 Å². The molecule has 0 aromatic heterocycles. The van der Waals surface area contributed by atoms with Gasteiger partial charge in [0.15, 0.2) is 0 Å². The van der Waals surface area contributed by atoms with Crippen molar-refractivity contribution in [2.24, 2.45) is 5.73 Å². The maximum Gasteiger partial charge on any atom is 0.469 e. The van der Waals surface area contributed by atoms with E-state index in [0.717, 1.165) is 57.8 Å². The number of hydrogen-bond acceptors (Lipinski definition) is 10. The Labute approximate surface area is 247 Å². The maximum absolute atomic E-state index is 11.8. The Kier molecular flexibility index (Phi) is 38.0. The minimum atomic E-state index is -4.36. The Morgan fingerprint density at radius 1 is 0.744 bits per heavy atom. The molecule has 0 aromatic carbocycles. The van der Waals surface area contributed by atoms with Gasteiger partial charge in [-0.1, -0.05) is 38.5 Å². The van der Waals surface area contributed by atoms with Gasteiger partial charge in [0.25, 0.3) is 0 Å². The van der Waals surface area contributed by atoms with Gasteiger partial charge in [0.05, 0.1) is 46.2 Å². The van der Waals surface area contributed by atoms with Crippen molar-refractivity contribution in [3.05, 3.63) is 0 Å². The predicted molar refractivity (Wildman–Crippen MR) is 142 cm³/mol. The van der Waals surface area contributed by atoms with Crippen LogP contribution in [0.25, 0.3) is 0 Å². The third-order valence-corrected chi connectivity index (χ3v) is 5.71. The molecule has 0 rings (SSSR count). The Balaban J connectivity index is -0.00000308. The molecule has 17 heteroatoms. The molecule has 0 fully saturated rings. The molecular formula is C22H48N2O12P2W. The van der Waals surface area contributed by atoms with Gasteiger partial charge in [-0.2, -0.15) is 0 Å². The van der Waals surface area contributed by atoms with E-state index in [0.29, 0.717) is 59.0 Å². The SMILES string of the molecule is NC=O.O=C(CCCCCCCCOCCOCCOCCOP(O)O)NCCCCCCOP(=O)(O)O.[W]. The van der Waals surface area contributed by atoms with Crippen LogP contribution in [0.5, 0.6) is 0 Å². The van der Waals surface area contributed by atoms with Crippen LogP contribution in [-0.4, -0.2) is 91.3 Å². The van der Waals surface area contributed by atoms with E-state index in [-0.39, 0.29) is 46.6 Å². The molecule has 0 aromatic rings. The first kappa shape index (κ1) is 43.4. The Morgan fingerprint density at radius 2 is 1.18 bits per heavy atom. The zero-order valence-corrected chi connectivity index (χ0v) is 27.4. The zero-order chi connectivity index (χ0) is 28.7. The van der Waals surface area contributed by atoms with Gasteiger partial charge in [0.1, 0.15) is 0 Å². The van der Waals surface area contributed by atoms with Crippen LogP contribution in [0.15, 0.2) is 0 Å². The van der Waals surface area contributed by atoms with Crippen molar-refractivity contribution in [1.29, 1.82) is 0 Å². The summed E-state index contributed by atoms with van der Waals surface area (Å²) < 4.78 is 35.5. The minimum Gasteiger partial charge on any atom is -0.379 e. The third kappa shape index (κ3) is 45.2. The fourth-order valence-electron chi connectivity index (χ4n) is 3.00. The molecule has 234 valence electrons. The summed E-state index contributed by atoms with van der Waals surface area (Å²) >= 11 is 0. The number of phosphoric acid groups is 1. The molecule has 0 spiro atoms. The second kappa shape index (κ2) is 34.1. The molecule has 0 aliphatic heterocycles. The van der Waals surface area contributed by atoms with E-state index in [1.165, 1.54) is 0 Å². The third-order valence-electron chi connectivity index (χ3n) is 4.77. The van der Waals surface area contributed by atoms with E-state index in [1.807, 2.05) is 0 Å². The summed E-state index contributed by atoms with van der Waals surface area (Å²) in [4.78, 5) is 54.6. The van der Waals surface area contributed by atoms with Gasteiger partial charge in [-0.25, -0.2) is 4.57 Å². The van der Waals surface area contributed by atoms with Gasteiger partial charge in [0.2, 0.25) is 12.3 Å². The predicted octanol–water partition coefficient (Wildman–Crippen LogP) is 1.88. The van der Waals surface area contributed by atoms with Crippen LogP contribution >= 0.6 is 16.4 Å². The summed E-state index contributed by atoms with van der Waals surface area (Å²) in [7, 11) is -6.67. The summed E-state index contributed by atoms with van der Waals surface area (Å²) in [6.45, 7) is 3.75. The van der Waals surface area contributed by atoms with E-state index < -0.39 is 16.4 Å². The fraction of sp³-hybridized carbons (Fsp3) is 0.909. The van der Waals surface area contributed by atoms with Gasteiger partial charge in [-0.15, -0.1) is 0 Å². The largest absolute Gasteiger partial charge is 0.469 e. The molecule has 39 heavy (non-hydrogen) atoms. The number of nitrogens with one attached hydrogen (secondary N) is 1. The van der Waals surface area contributed by atoms with Crippen molar-refractivity contribution in [2.45, 2.75) is 70.6 Å². The smallest absolute Gasteiger partial charge is 0.379 e. The van der Waals surface area contributed by atoms with Gasteiger partial charge in [0, 0.05) is 40.6 Å². The zero-order valence-electron chi connectivity index (χ0n) is 22.7. The quantitative estimate of drug-likeness (QED) is 0.0401. The monoisotopic (exact) mass is 778 g/mol. The second-order valence-electron chi connectivity index (χ2n) is 8.02. The number of carbonyl (C=O) groups is 2. The molecule has 0 bridgehead atoms. The van der Waals surface area contributed by atoms with Gasteiger partial charge >= 0.3 is 16.4 Å². The number of unbranched alkanes of at least 4 members (excludes halogenated alkanes) is 8. The summed E-state index contributed by atoms with van der Waals surface area (Å²) in [6, 6.07) is 0. The minimum absolute atomic E-state index is 0. The molecule has 0 radical (unpaired) electrons. The molecule has 7 N–H and O–H groups in total. The van der Waals surface area contributed by atoms with E-state index in [2.05, 4.69) is 20.1 Å². The van der Waals surface area contributed by atoms with Crippen molar-refractivity contribution in [3.8, 4) is 0 Å². The summed E-state index contributed by atoms with van der Waals surface area (Å²) in [6.07, 6.45) is 10.2. The molecule has 14 nitrogen and oxygen atoms in total. The second-order valence-corrected chi connectivity index (χ2v) is 10.0. The maximum atomic E-state index is 11.8. The van der Waals surface area contributed by atoms with E-state index in [1.54, 1.807) is 0 Å². The standard InChI is InChI=1S/C21H45NO11P2.CH3NO.W/c23-21(22-12-8-4-6-10-14-33-35(26,27)28)11-7-3-1-2-5-9-13-29-15-16-30-17-18-31-19-20-32-34(24)25;2-1-3;/h24-25H,1-20H2,(H,22,23)(H2,26,27,28);1H,(H2,2,3);. The number of amides is 2. The van der Waals surface area contributed by atoms with Crippen LogP contribution in [0, 0.1) is 0 Å². The average Bonchev–Trinajstić information content (AvgIpc) is 2.84. The number of rotatable bonds is 27. The summed E-state index contributed by atoms with van der Waals surface area (Å²) in [5.74, 6) is 0.0771. The molecule has 2 amide bonds. The van der Waals surface area contributed by atoms with Crippen LogP contribution in [0.2, 0.25) is 0 Å². The number of ether oxygens (including phenoxy) is 3. The van der Waals surface area contributed by atoms with Crippen molar-refractivity contribution < 1.29 is 78.1 Å². The molecule has 0 aliphatic rings. The number of hydrogen-bond donors (Lipinski definition) is 6. The van der Waals surface area contributed by atoms with Crippen molar-refractivity contribution in [3.63, 3.8) is 0 Å². The van der Waals surface area contributed by atoms with E-state index in [9.17, 15) is 9.36 Å². The summed E-state index contributed by atoms with van der Waals surface area (Å²) in [5.41, 5.74) is 4.17. The first-order chi connectivity index (χ1) is 18.2. The van der Waals surface area contributed by atoms with Crippen molar-refractivity contribution in [2.75, 3.05) is 59.4 Å². The fourth-order valence-corrected chi connectivity index (χ4v) is 3.60. The van der Waals surface area contributed by atoms with E-state index >= 15 is 0 Å². The van der Waals surface area contributed by atoms with Crippen molar-refractivity contribution in [1.82, 2.24) is 5.32 Å². The average molecular weight is 778 g/mol. The Hall–Kier alpha value is -0.0717. The molecule has 0 atom stereocenters. The molecule has 0 unspecified atom stereocenters.